The quantitative estimate of drug-likeness (QED) is 0.475. The molecule has 0 amide bonds. The number of nitriles is 1. The first-order valence-electron chi connectivity index (χ1n) is 8.22. The Kier molecular flexibility index (Phi) is 4.43. The van der Waals surface area contributed by atoms with E-state index >= 15 is 0 Å². The number of nitrogens with one attached hydrogen (secondary N) is 3. The zero-order valence-corrected chi connectivity index (χ0v) is 15.3. The minimum absolute atomic E-state index is 0.358. The van der Waals surface area contributed by atoms with Crippen LogP contribution in [0.4, 0.5) is 23.1 Å². The molecule has 0 aliphatic carbocycles. The second kappa shape index (κ2) is 7.06. The van der Waals surface area contributed by atoms with Crippen molar-refractivity contribution in [1.29, 1.82) is 5.26 Å². The lowest BCUT2D eigenvalue weighted by atomic mass is 10.2. The molecule has 4 rings (SSSR count). The lowest BCUT2D eigenvalue weighted by Crippen LogP contribution is -2.03. The van der Waals surface area contributed by atoms with Crippen molar-refractivity contribution in [3.05, 3.63) is 69.3 Å². The molecule has 8 nitrogen and oxygen atoms in total. The largest absolute Gasteiger partial charge is 0.417 e. The summed E-state index contributed by atoms with van der Waals surface area (Å²) in [6.07, 6.45) is 1.68. The smallest absolute Gasteiger partial charge is 0.408 e. The Balaban J connectivity index is 1.61. The van der Waals surface area contributed by atoms with Gasteiger partial charge in [-0.2, -0.15) is 10.2 Å². The van der Waals surface area contributed by atoms with Crippen LogP contribution in [0.2, 0.25) is 5.02 Å². The maximum atomic E-state index is 11.3. The predicted molar refractivity (Wildman–Crippen MR) is 106 cm³/mol. The van der Waals surface area contributed by atoms with Crippen molar-refractivity contribution >= 4 is 45.8 Å². The van der Waals surface area contributed by atoms with Crippen LogP contribution in [-0.2, 0) is 0 Å². The monoisotopic (exact) mass is 392 g/mol. The Bertz CT molecular complexity index is 1290. The Morgan fingerprint density at radius 1 is 1.18 bits per heavy atom. The number of rotatable bonds is 4. The first-order chi connectivity index (χ1) is 13.5. The van der Waals surface area contributed by atoms with E-state index in [1.165, 1.54) is 0 Å². The van der Waals surface area contributed by atoms with E-state index in [0.29, 0.717) is 39.1 Å². The number of aryl methyl sites for hydroxylation is 1. The Labute approximate surface area is 163 Å². The lowest BCUT2D eigenvalue weighted by Gasteiger charge is -2.11. The summed E-state index contributed by atoms with van der Waals surface area (Å²) in [6.45, 7) is 1.88. The predicted octanol–water partition coefficient (Wildman–Crippen LogP) is 4.23. The molecule has 0 aliphatic heterocycles. The molecule has 2 aromatic heterocycles. The summed E-state index contributed by atoms with van der Waals surface area (Å²) in [4.78, 5) is 22.7. The van der Waals surface area contributed by atoms with Crippen LogP contribution in [0.5, 0.6) is 0 Å². The van der Waals surface area contributed by atoms with Gasteiger partial charge < -0.3 is 15.1 Å². The Morgan fingerprint density at radius 3 is 2.79 bits per heavy atom. The van der Waals surface area contributed by atoms with E-state index in [4.69, 9.17) is 21.3 Å². The number of hydrogen-bond acceptors (Lipinski definition) is 7. The zero-order chi connectivity index (χ0) is 19.7. The van der Waals surface area contributed by atoms with Crippen molar-refractivity contribution in [2.24, 2.45) is 0 Å². The van der Waals surface area contributed by atoms with Crippen LogP contribution in [0.1, 0.15) is 11.1 Å². The summed E-state index contributed by atoms with van der Waals surface area (Å²) in [7, 11) is 0. The van der Waals surface area contributed by atoms with Crippen molar-refractivity contribution < 1.29 is 4.42 Å². The van der Waals surface area contributed by atoms with Crippen molar-refractivity contribution in [2.75, 3.05) is 10.6 Å². The summed E-state index contributed by atoms with van der Waals surface area (Å²) in [5.41, 5.74) is 3.64. The van der Waals surface area contributed by atoms with Crippen LogP contribution >= 0.6 is 11.6 Å². The van der Waals surface area contributed by atoms with E-state index in [9.17, 15) is 4.79 Å². The molecule has 0 aliphatic rings. The average molecular weight is 393 g/mol. The van der Waals surface area contributed by atoms with E-state index in [-0.39, 0.29) is 0 Å². The van der Waals surface area contributed by atoms with Gasteiger partial charge in [-0.15, -0.1) is 0 Å². The van der Waals surface area contributed by atoms with Gasteiger partial charge >= 0.3 is 5.76 Å². The third-order valence-corrected chi connectivity index (χ3v) is 4.33. The summed E-state index contributed by atoms with van der Waals surface area (Å²) in [5.74, 6) is 0.450. The van der Waals surface area contributed by atoms with Gasteiger partial charge in [0.05, 0.1) is 16.1 Å². The van der Waals surface area contributed by atoms with Gasteiger partial charge in [-0.1, -0.05) is 11.6 Å². The van der Waals surface area contributed by atoms with Crippen molar-refractivity contribution in [1.82, 2.24) is 15.0 Å². The van der Waals surface area contributed by atoms with Gasteiger partial charge in [0.25, 0.3) is 0 Å². The number of anilines is 4. The molecule has 0 atom stereocenters. The van der Waals surface area contributed by atoms with E-state index < -0.39 is 5.76 Å². The van der Waals surface area contributed by atoms with Crippen molar-refractivity contribution in [2.45, 2.75) is 6.92 Å². The molecule has 28 heavy (non-hydrogen) atoms. The van der Waals surface area contributed by atoms with E-state index in [2.05, 4.69) is 25.6 Å². The molecule has 0 spiro atoms. The summed E-state index contributed by atoms with van der Waals surface area (Å²) in [6, 6.07) is 12.3. The molecule has 2 aromatic carbocycles. The summed E-state index contributed by atoms with van der Waals surface area (Å²) in [5, 5.41) is 15.7. The standard InChI is InChI=1S/C19H13ClN6O2/c1-10-9-22-18(24-12-2-4-14(20)11(6-12)8-21)26-17(10)23-13-3-5-16-15(7-13)25-19(27)28-16/h2-7,9H,1H3,(H,25,27)(H2,22,23,24,26). The van der Waals surface area contributed by atoms with Gasteiger partial charge in [0.15, 0.2) is 5.58 Å². The van der Waals surface area contributed by atoms with Gasteiger partial charge in [-0.3, -0.25) is 4.98 Å². The number of benzene rings is 2. The number of hydrogen-bond donors (Lipinski definition) is 3. The van der Waals surface area contributed by atoms with Gasteiger partial charge in [-0.25, -0.2) is 9.78 Å². The second-order valence-electron chi connectivity index (χ2n) is 6.01. The number of oxazole rings is 1. The van der Waals surface area contributed by atoms with Crippen LogP contribution in [-0.4, -0.2) is 15.0 Å². The van der Waals surface area contributed by atoms with Crippen LogP contribution < -0.4 is 16.4 Å². The number of halogens is 1. The SMILES string of the molecule is Cc1cnc(Nc2ccc(Cl)c(C#N)c2)nc1Nc1ccc2oc(=O)[nH]c2c1. The van der Waals surface area contributed by atoms with Crippen LogP contribution in [0.3, 0.4) is 0 Å². The van der Waals surface area contributed by atoms with Crippen LogP contribution in [0.15, 0.2) is 51.8 Å². The number of H-pyrrole nitrogens is 1. The molecule has 4 aromatic rings. The number of nitrogens with zero attached hydrogens (tertiary/aromatic N) is 3. The highest BCUT2D eigenvalue weighted by Gasteiger charge is 2.08. The van der Waals surface area contributed by atoms with Crippen molar-refractivity contribution in [3.63, 3.8) is 0 Å². The molecule has 9 heteroatoms. The molecule has 0 unspecified atom stereocenters. The molecule has 0 saturated heterocycles. The maximum Gasteiger partial charge on any atom is 0.417 e. The molecule has 3 N–H and O–H groups in total. The topological polar surface area (TPSA) is 120 Å². The molecule has 0 saturated carbocycles. The zero-order valence-electron chi connectivity index (χ0n) is 14.6. The van der Waals surface area contributed by atoms with Crippen molar-refractivity contribution in [3.8, 4) is 6.07 Å². The summed E-state index contributed by atoms with van der Waals surface area (Å²) < 4.78 is 5.00. The molecule has 2 heterocycles. The Hall–Kier alpha value is -3.83. The number of fused-ring (bicyclic) bond motifs is 1. The minimum atomic E-state index is -0.503. The fraction of sp³-hybridized carbons (Fsp3) is 0.0526. The molecular weight excluding hydrogens is 380 g/mol. The number of aromatic nitrogens is 3. The lowest BCUT2D eigenvalue weighted by molar-refractivity contribution is 0.555. The molecule has 0 bridgehead atoms. The van der Waals surface area contributed by atoms with Gasteiger partial charge in [-0.05, 0) is 43.3 Å². The minimum Gasteiger partial charge on any atom is -0.408 e. The number of aromatic amines is 1. The van der Waals surface area contributed by atoms with Crippen LogP contribution in [0, 0.1) is 18.3 Å². The highest BCUT2D eigenvalue weighted by molar-refractivity contribution is 6.31. The average Bonchev–Trinajstić information content (AvgIpc) is 3.05. The summed E-state index contributed by atoms with van der Waals surface area (Å²) >= 11 is 5.96. The highest BCUT2D eigenvalue weighted by Crippen LogP contribution is 2.25. The third kappa shape index (κ3) is 3.51. The van der Waals surface area contributed by atoms with E-state index in [0.717, 1.165) is 11.3 Å². The molecular formula is C19H13ClN6O2. The molecule has 0 radical (unpaired) electrons. The van der Waals surface area contributed by atoms with Gasteiger partial charge in [0, 0.05) is 23.1 Å². The van der Waals surface area contributed by atoms with E-state index in [1.54, 1.807) is 42.6 Å². The van der Waals surface area contributed by atoms with Gasteiger partial charge in [0.2, 0.25) is 5.95 Å². The van der Waals surface area contributed by atoms with Crippen LogP contribution in [0.25, 0.3) is 11.1 Å². The molecule has 0 fully saturated rings. The van der Waals surface area contributed by atoms with E-state index in [1.807, 2.05) is 13.0 Å². The highest BCUT2D eigenvalue weighted by atomic mass is 35.5. The van der Waals surface area contributed by atoms with Gasteiger partial charge in [0.1, 0.15) is 11.9 Å². The maximum absolute atomic E-state index is 11.3. The Morgan fingerprint density at radius 2 is 1.96 bits per heavy atom. The fourth-order valence-corrected chi connectivity index (χ4v) is 2.77. The first kappa shape index (κ1) is 17.6. The first-order valence-corrected chi connectivity index (χ1v) is 8.60. The third-order valence-electron chi connectivity index (χ3n) is 4.00. The fourth-order valence-electron chi connectivity index (χ4n) is 2.61. The normalized spacial score (nSPS) is 10.6. The second-order valence-corrected chi connectivity index (χ2v) is 6.41. The molecule has 138 valence electrons.